The van der Waals surface area contributed by atoms with E-state index in [0.717, 1.165) is 11.1 Å². The summed E-state index contributed by atoms with van der Waals surface area (Å²) in [6, 6.07) is 14.2. The molecule has 134 valence electrons. The summed E-state index contributed by atoms with van der Waals surface area (Å²) in [6.07, 6.45) is 0.475. The number of hydrogen-bond acceptors (Lipinski definition) is 3. The molecule has 2 aromatic rings. The highest BCUT2D eigenvalue weighted by molar-refractivity contribution is 5.98. The third kappa shape index (κ3) is 5.59. The Kier molecular flexibility index (Phi) is 7.61. The summed E-state index contributed by atoms with van der Waals surface area (Å²) in [5, 5.41) is 2.81. The van der Waals surface area contributed by atoms with Crippen molar-refractivity contribution in [3.05, 3.63) is 65.2 Å². The van der Waals surface area contributed by atoms with E-state index in [1.54, 1.807) is 32.3 Å². The van der Waals surface area contributed by atoms with E-state index in [0.29, 0.717) is 17.7 Å². The number of nitrogens with two attached hydrogens (primary N) is 1. The van der Waals surface area contributed by atoms with Crippen molar-refractivity contribution in [3.63, 3.8) is 0 Å². The van der Waals surface area contributed by atoms with Crippen LogP contribution >= 0.6 is 12.4 Å². The van der Waals surface area contributed by atoms with Crippen LogP contribution in [0.2, 0.25) is 0 Å². The molecule has 25 heavy (non-hydrogen) atoms. The monoisotopic (exact) mass is 361 g/mol. The van der Waals surface area contributed by atoms with Gasteiger partial charge in [-0.3, -0.25) is 9.59 Å². The summed E-state index contributed by atoms with van der Waals surface area (Å²) in [6.45, 7) is 1.84. The van der Waals surface area contributed by atoms with Crippen LogP contribution in [0.3, 0.4) is 0 Å². The lowest BCUT2D eigenvalue weighted by Crippen LogP contribution is -2.37. The van der Waals surface area contributed by atoms with Gasteiger partial charge in [0.05, 0.1) is 6.04 Å². The van der Waals surface area contributed by atoms with Gasteiger partial charge in [0.2, 0.25) is 5.91 Å². The van der Waals surface area contributed by atoms with Crippen molar-refractivity contribution in [3.8, 4) is 0 Å². The molecule has 0 saturated heterocycles. The van der Waals surface area contributed by atoms with E-state index in [1.807, 2.05) is 37.3 Å². The van der Waals surface area contributed by atoms with Gasteiger partial charge in [0.1, 0.15) is 0 Å². The summed E-state index contributed by atoms with van der Waals surface area (Å²) in [7, 11) is 3.42. The topological polar surface area (TPSA) is 75.4 Å². The summed E-state index contributed by atoms with van der Waals surface area (Å²) in [5.74, 6) is -0.309. The molecule has 2 amide bonds. The van der Waals surface area contributed by atoms with E-state index in [4.69, 9.17) is 5.73 Å². The number of amides is 2. The fraction of sp³-hybridized carbons (Fsp3) is 0.263. The molecule has 0 spiro atoms. The second-order valence-electron chi connectivity index (χ2n) is 6.01. The molecule has 3 N–H and O–H groups in total. The van der Waals surface area contributed by atoms with E-state index in [-0.39, 0.29) is 24.2 Å². The molecule has 2 aromatic carbocycles. The van der Waals surface area contributed by atoms with Gasteiger partial charge in [-0.25, -0.2) is 0 Å². The van der Waals surface area contributed by atoms with Crippen molar-refractivity contribution < 1.29 is 9.59 Å². The lowest BCUT2D eigenvalue weighted by Gasteiger charge is -2.15. The first-order valence-corrected chi connectivity index (χ1v) is 7.81. The van der Waals surface area contributed by atoms with Crippen LogP contribution in [0.15, 0.2) is 48.5 Å². The minimum atomic E-state index is -0.629. The number of benzene rings is 2. The molecule has 0 heterocycles. The Morgan fingerprint density at radius 1 is 1.12 bits per heavy atom. The largest absolute Gasteiger partial charge is 0.345 e. The minimum Gasteiger partial charge on any atom is -0.345 e. The number of carbonyl (C=O) groups excluding carboxylic acids is 2. The maximum atomic E-state index is 12.2. The van der Waals surface area contributed by atoms with E-state index >= 15 is 0 Å². The van der Waals surface area contributed by atoms with Crippen molar-refractivity contribution in [2.75, 3.05) is 19.4 Å². The minimum absolute atomic E-state index is 0. The van der Waals surface area contributed by atoms with Gasteiger partial charge in [0.15, 0.2) is 0 Å². The van der Waals surface area contributed by atoms with E-state index in [2.05, 4.69) is 5.32 Å². The average Bonchev–Trinajstić information content (AvgIpc) is 2.55. The van der Waals surface area contributed by atoms with Gasteiger partial charge in [-0.15, -0.1) is 12.4 Å². The number of aryl methyl sites for hydroxylation is 1. The molecule has 0 radical (unpaired) electrons. The molecular formula is C19H24ClN3O2. The number of anilines is 1. The molecule has 0 unspecified atom stereocenters. The summed E-state index contributed by atoms with van der Waals surface area (Å²) < 4.78 is 0. The normalized spacial score (nSPS) is 11.2. The molecule has 6 heteroatoms. The number of nitrogens with one attached hydrogen (secondary N) is 1. The van der Waals surface area contributed by atoms with Gasteiger partial charge < -0.3 is 16.0 Å². The molecule has 0 aliphatic rings. The zero-order valence-corrected chi connectivity index (χ0v) is 15.5. The highest BCUT2D eigenvalue weighted by Gasteiger charge is 2.16. The van der Waals surface area contributed by atoms with Crippen LogP contribution in [0, 0.1) is 6.92 Å². The highest BCUT2D eigenvalue weighted by atomic mass is 35.5. The van der Waals surface area contributed by atoms with Crippen molar-refractivity contribution >= 4 is 29.9 Å². The van der Waals surface area contributed by atoms with Crippen LogP contribution in [0.25, 0.3) is 0 Å². The SMILES string of the molecule is Cc1cc(NC(=O)[C@@H](N)Cc2ccccc2)ccc1C(=O)N(C)C.Cl. The fourth-order valence-electron chi connectivity index (χ4n) is 2.42. The Morgan fingerprint density at radius 2 is 1.76 bits per heavy atom. The number of carbonyl (C=O) groups is 2. The van der Waals surface area contributed by atoms with Gasteiger partial charge >= 0.3 is 0 Å². The van der Waals surface area contributed by atoms with Crippen LogP contribution in [-0.4, -0.2) is 36.9 Å². The van der Waals surface area contributed by atoms with E-state index in [9.17, 15) is 9.59 Å². The van der Waals surface area contributed by atoms with E-state index < -0.39 is 6.04 Å². The lowest BCUT2D eigenvalue weighted by molar-refractivity contribution is -0.117. The molecule has 0 aliphatic carbocycles. The van der Waals surface area contributed by atoms with Crippen LogP contribution in [-0.2, 0) is 11.2 Å². The van der Waals surface area contributed by atoms with Crippen molar-refractivity contribution in [2.24, 2.45) is 5.73 Å². The third-order valence-electron chi connectivity index (χ3n) is 3.77. The molecule has 0 saturated carbocycles. The average molecular weight is 362 g/mol. The second-order valence-corrected chi connectivity index (χ2v) is 6.01. The number of hydrogen-bond donors (Lipinski definition) is 2. The summed E-state index contributed by atoms with van der Waals surface area (Å²) in [5.41, 5.74) is 9.06. The smallest absolute Gasteiger partial charge is 0.253 e. The van der Waals surface area contributed by atoms with Crippen LogP contribution in [0.4, 0.5) is 5.69 Å². The molecule has 5 nitrogen and oxygen atoms in total. The standard InChI is InChI=1S/C19H23N3O2.ClH/c1-13-11-15(9-10-16(13)19(24)22(2)3)21-18(23)17(20)12-14-7-5-4-6-8-14;/h4-11,17H,12,20H2,1-3H3,(H,21,23);1H/t17-;/m0./s1. The molecule has 0 bridgehead atoms. The number of nitrogens with zero attached hydrogens (tertiary/aromatic N) is 1. The summed E-state index contributed by atoms with van der Waals surface area (Å²) in [4.78, 5) is 25.8. The first kappa shape index (κ1) is 20.7. The Labute approximate surface area is 154 Å². The molecule has 0 fully saturated rings. The van der Waals surface area contributed by atoms with Crippen LogP contribution < -0.4 is 11.1 Å². The zero-order chi connectivity index (χ0) is 17.7. The molecule has 0 aromatic heterocycles. The van der Waals surface area contributed by atoms with Crippen LogP contribution in [0.5, 0.6) is 0 Å². The van der Waals surface area contributed by atoms with E-state index in [1.165, 1.54) is 4.90 Å². The number of rotatable bonds is 5. The molecule has 2 rings (SSSR count). The quantitative estimate of drug-likeness (QED) is 0.859. The van der Waals surface area contributed by atoms with Gasteiger partial charge in [0.25, 0.3) is 5.91 Å². The van der Waals surface area contributed by atoms with Crippen molar-refractivity contribution in [1.29, 1.82) is 0 Å². The van der Waals surface area contributed by atoms with Crippen molar-refractivity contribution in [1.82, 2.24) is 4.90 Å². The Bertz CT molecular complexity index is 733. The number of halogens is 1. The third-order valence-corrected chi connectivity index (χ3v) is 3.77. The van der Waals surface area contributed by atoms with Crippen molar-refractivity contribution in [2.45, 2.75) is 19.4 Å². The van der Waals surface area contributed by atoms with Gasteiger partial charge in [-0.2, -0.15) is 0 Å². The van der Waals surface area contributed by atoms with Gasteiger partial charge in [0, 0.05) is 25.3 Å². The molecular weight excluding hydrogens is 338 g/mol. The molecule has 0 aliphatic heterocycles. The Morgan fingerprint density at radius 3 is 2.32 bits per heavy atom. The fourth-order valence-corrected chi connectivity index (χ4v) is 2.42. The predicted octanol–water partition coefficient (Wildman–Crippen LogP) is 2.63. The van der Waals surface area contributed by atoms with Gasteiger partial charge in [-0.05, 0) is 42.7 Å². The van der Waals surface area contributed by atoms with Gasteiger partial charge in [-0.1, -0.05) is 30.3 Å². The van der Waals surface area contributed by atoms with Crippen LogP contribution in [0.1, 0.15) is 21.5 Å². The maximum Gasteiger partial charge on any atom is 0.253 e. The Hall–Kier alpha value is -2.37. The summed E-state index contributed by atoms with van der Waals surface area (Å²) >= 11 is 0. The Balaban J connectivity index is 0.00000312. The second kappa shape index (κ2) is 9.20. The zero-order valence-electron chi connectivity index (χ0n) is 14.7. The first-order valence-electron chi connectivity index (χ1n) is 7.81. The highest BCUT2D eigenvalue weighted by Crippen LogP contribution is 2.17. The maximum absolute atomic E-state index is 12.2. The molecule has 1 atom stereocenters. The lowest BCUT2D eigenvalue weighted by atomic mass is 10.0. The predicted molar refractivity (Wildman–Crippen MR) is 103 cm³/mol. The first-order chi connectivity index (χ1) is 11.4.